The summed E-state index contributed by atoms with van der Waals surface area (Å²) in [5.74, 6) is 1.08. The van der Waals surface area contributed by atoms with Gasteiger partial charge in [0.15, 0.2) is 5.76 Å². The Morgan fingerprint density at radius 1 is 1.24 bits per heavy atom. The lowest BCUT2D eigenvalue weighted by atomic mass is 10.2. The maximum absolute atomic E-state index is 12.2. The number of pyridine rings is 1. The second-order valence-corrected chi connectivity index (χ2v) is 5.45. The summed E-state index contributed by atoms with van der Waals surface area (Å²) in [4.78, 5) is 19.5. The number of para-hydroxylation sites is 2. The number of hydrogen-bond donors (Lipinski definition) is 2. The van der Waals surface area contributed by atoms with Crippen molar-refractivity contribution in [2.75, 3.05) is 12.4 Å². The number of fused-ring (bicyclic) bond motifs is 1. The molecule has 2 N–H and O–H groups in total. The topological polar surface area (TPSA) is 76.2 Å². The quantitative estimate of drug-likeness (QED) is 0.715. The standard InChI is InChI=1S/C19H15N3O3/c1-24-16-7-3-2-6-14(16)22-18-10-15(23)17(25-18)9-12-11-21-19-13(12)5-4-8-20-19/h2-11,22H,1H3,(H,20,21). The molecule has 1 aliphatic heterocycles. The van der Waals surface area contributed by atoms with Gasteiger partial charge in [0.1, 0.15) is 11.4 Å². The number of aromatic nitrogens is 2. The summed E-state index contributed by atoms with van der Waals surface area (Å²) in [6, 6.07) is 11.2. The predicted molar refractivity (Wildman–Crippen MR) is 94.9 cm³/mol. The average molecular weight is 333 g/mol. The lowest BCUT2D eigenvalue weighted by molar-refractivity contribution is -0.112. The molecule has 0 radical (unpaired) electrons. The normalized spacial score (nSPS) is 15.3. The van der Waals surface area contributed by atoms with Crippen molar-refractivity contribution in [3.63, 3.8) is 0 Å². The lowest BCUT2D eigenvalue weighted by Crippen LogP contribution is -2.01. The molecule has 4 rings (SSSR count). The highest BCUT2D eigenvalue weighted by molar-refractivity contribution is 6.09. The monoisotopic (exact) mass is 333 g/mol. The number of nitrogens with one attached hydrogen (secondary N) is 2. The summed E-state index contributed by atoms with van der Waals surface area (Å²) >= 11 is 0. The summed E-state index contributed by atoms with van der Waals surface area (Å²) in [6.45, 7) is 0. The van der Waals surface area contributed by atoms with Gasteiger partial charge in [-0.2, -0.15) is 0 Å². The Kier molecular flexibility index (Phi) is 3.70. The molecule has 3 aromatic rings. The van der Waals surface area contributed by atoms with E-state index < -0.39 is 0 Å². The van der Waals surface area contributed by atoms with Gasteiger partial charge in [0.05, 0.1) is 18.9 Å². The summed E-state index contributed by atoms with van der Waals surface area (Å²) in [7, 11) is 1.59. The maximum atomic E-state index is 12.2. The molecule has 0 fully saturated rings. The van der Waals surface area contributed by atoms with Crippen molar-refractivity contribution in [2.45, 2.75) is 0 Å². The number of ether oxygens (including phenoxy) is 2. The fraction of sp³-hybridized carbons (Fsp3) is 0.0526. The molecule has 0 unspecified atom stereocenters. The molecule has 1 aromatic carbocycles. The van der Waals surface area contributed by atoms with Crippen molar-refractivity contribution >= 4 is 28.6 Å². The van der Waals surface area contributed by atoms with Crippen molar-refractivity contribution in [1.29, 1.82) is 0 Å². The maximum Gasteiger partial charge on any atom is 0.226 e. The van der Waals surface area contributed by atoms with Crippen LogP contribution in [0.3, 0.4) is 0 Å². The number of methoxy groups -OCH3 is 1. The number of ketones is 1. The molecule has 0 spiro atoms. The third-order valence-corrected chi connectivity index (χ3v) is 3.86. The predicted octanol–water partition coefficient (Wildman–Crippen LogP) is 3.47. The first-order valence-corrected chi connectivity index (χ1v) is 7.72. The Labute approximate surface area is 143 Å². The van der Waals surface area contributed by atoms with Crippen LogP contribution in [0.25, 0.3) is 17.1 Å². The Morgan fingerprint density at radius 2 is 2.12 bits per heavy atom. The summed E-state index contributed by atoms with van der Waals surface area (Å²) in [6.07, 6.45) is 6.64. The second-order valence-electron chi connectivity index (χ2n) is 5.45. The van der Waals surface area contributed by atoms with Crippen molar-refractivity contribution in [1.82, 2.24) is 9.97 Å². The van der Waals surface area contributed by atoms with E-state index in [0.717, 1.165) is 22.3 Å². The van der Waals surface area contributed by atoms with E-state index in [1.165, 1.54) is 6.08 Å². The highest BCUT2D eigenvalue weighted by Crippen LogP contribution is 2.28. The second kappa shape index (κ2) is 6.16. The Morgan fingerprint density at radius 3 is 3.00 bits per heavy atom. The largest absolute Gasteiger partial charge is 0.495 e. The molecule has 1 aliphatic rings. The SMILES string of the molecule is COc1ccccc1NC1=CC(=O)C(=Cc2c[nH]c3ncccc23)O1. The number of carbonyl (C=O) groups is 1. The fourth-order valence-electron chi connectivity index (χ4n) is 2.67. The van der Waals surface area contributed by atoms with Crippen LogP contribution in [0.2, 0.25) is 0 Å². The number of anilines is 1. The number of carbonyl (C=O) groups excluding carboxylic acids is 1. The van der Waals surface area contributed by atoms with Crippen molar-refractivity contribution in [3.8, 4) is 5.75 Å². The zero-order valence-electron chi connectivity index (χ0n) is 13.4. The third-order valence-electron chi connectivity index (χ3n) is 3.86. The molecular formula is C19H15N3O3. The van der Waals surface area contributed by atoms with Crippen LogP contribution in [0.5, 0.6) is 5.75 Å². The van der Waals surface area contributed by atoms with Gasteiger partial charge in [-0.3, -0.25) is 4.79 Å². The lowest BCUT2D eigenvalue weighted by Gasteiger charge is -2.11. The molecule has 2 aromatic heterocycles. The van der Waals surface area contributed by atoms with Crippen LogP contribution in [-0.4, -0.2) is 22.9 Å². The van der Waals surface area contributed by atoms with E-state index in [4.69, 9.17) is 9.47 Å². The first kappa shape index (κ1) is 15.0. The Bertz CT molecular complexity index is 1020. The minimum atomic E-state index is -0.198. The van der Waals surface area contributed by atoms with Crippen LogP contribution in [0.15, 0.2) is 66.5 Å². The van der Waals surface area contributed by atoms with Gasteiger partial charge in [-0.05, 0) is 30.3 Å². The zero-order valence-corrected chi connectivity index (χ0v) is 13.4. The van der Waals surface area contributed by atoms with Crippen LogP contribution in [0.1, 0.15) is 5.56 Å². The van der Waals surface area contributed by atoms with Gasteiger partial charge in [0, 0.05) is 23.3 Å². The molecule has 0 saturated carbocycles. The molecule has 3 heterocycles. The van der Waals surface area contributed by atoms with E-state index in [9.17, 15) is 4.79 Å². The molecular weight excluding hydrogens is 318 g/mol. The number of nitrogens with zero attached hydrogens (tertiary/aromatic N) is 1. The zero-order chi connectivity index (χ0) is 17.2. The number of benzene rings is 1. The van der Waals surface area contributed by atoms with Crippen molar-refractivity contribution in [3.05, 3.63) is 72.1 Å². The van der Waals surface area contributed by atoms with Gasteiger partial charge in [-0.25, -0.2) is 4.98 Å². The van der Waals surface area contributed by atoms with Crippen molar-refractivity contribution in [2.24, 2.45) is 0 Å². The minimum absolute atomic E-state index is 0.198. The third kappa shape index (κ3) is 2.85. The molecule has 25 heavy (non-hydrogen) atoms. The first-order chi connectivity index (χ1) is 12.2. The molecule has 0 bridgehead atoms. The van der Waals surface area contributed by atoms with Crippen LogP contribution < -0.4 is 10.1 Å². The first-order valence-electron chi connectivity index (χ1n) is 7.72. The van der Waals surface area contributed by atoms with Gasteiger partial charge in [0.25, 0.3) is 0 Å². The number of allylic oxidation sites excluding steroid dienone is 1. The highest BCUT2D eigenvalue weighted by Gasteiger charge is 2.22. The molecule has 0 aliphatic carbocycles. The Balaban J connectivity index is 1.58. The van der Waals surface area contributed by atoms with E-state index in [1.807, 2.05) is 36.4 Å². The van der Waals surface area contributed by atoms with Gasteiger partial charge in [-0.15, -0.1) is 0 Å². The van der Waals surface area contributed by atoms with Crippen LogP contribution in [0, 0.1) is 0 Å². The van der Waals surface area contributed by atoms with Crippen LogP contribution in [-0.2, 0) is 9.53 Å². The van der Waals surface area contributed by atoms with E-state index in [-0.39, 0.29) is 11.5 Å². The van der Waals surface area contributed by atoms with Gasteiger partial charge in [-0.1, -0.05) is 12.1 Å². The number of rotatable bonds is 4. The minimum Gasteiger partial charge on any atom is -0.495 e. The number of hydrogen-bond acceptors (Lipinski definition) is 5. The summed E-state index contributed by atoms with van der Waals surface area (Å²) in [5.41, 5.74) is 2.33. The molecule has 0 amide bonds. The van der Waals surface area contributed by atoms with Gasteiger partial charge >= 0.3 is 0 Å². The van der Waals surface area contributed by atoms with Gasteiger partial charge in [0.2, 0.25) is 11.7 Å². The average Bonchev–Trinajstić information content (AvgIpc) is 3.20. The van der Waals surface area contributed by atoms with E-state index >= 15 is 0 Å². The van der Waals surface area contributed by atoms with E-state index in [0.29, 0.717) is 11.6 Å². The summed E-state index contributed by atoms with van der Waals surface area (Å²) in [5, 5.41) is 4.00. The molecule has 0 atom stereocenters. The van der Waals surface area contributed by atoms with Gasteiger partial charge < -0.3 is 19.8 Å². The molecule has 124 valence electrons. The molecule has 6 heteroatoms. The van der Waals surface area contributed by atoms with Crippen LogP contribution in [0.4, 0.5) is 5.69 Å². The fourth-order valence-corrected chi connectivity index (χ4v) is 2.67. The molecule has 6 nitrogen and oxygen atoms in total. The van der Waals surface area contributed by atoms with Crippen LogP contribution >= 0.6 is 0 Å². The van der Waals surface area contributed by atoms with Crippen molar-refractivity contribution < 1.29 is 14.3 Å². The summed E-state index contributed by atoms with van der Waals surface area (Å²) < 4.78 is 11.0. The van der Waals surface area contributed by atoms with E-state index in [1.54, 1.807) is 25.6 Å². The number of aromatic amines is 1. The van der Waals surface area contributed by atoms with E-state index in [2.05, 4.69) is 15.3 Å². The smallest absolute Gasteiger partial charge is 0.226 e. The Hall–Kier alpha value is -3.54. The number of H-pyrrole nitrogens is 1. The molecule has 0 saturated heterocycles. The highest BCUT2D eigenvalue weighted by atomic mass is 16.5.